The lowest BCUT2D eigenvalue weighted by molar-refractivity contribution is -0.141. The first-order valence-electron chi connectivity index (χ1n) is 10.7. The van der Waals surface area contributed by atoms with Crippen molar-refractivity contribution in [3.63, 3.8) is 0 Å². The molecule has 186 valence electrons. The maximum absolute atomic E-state index is 13.2. The van der Waals surface area contributed by atoms with Gasteiger partial charge in [-0.1, -0.05) is 13.0 Å². The molecule has 2 amide bonds. The van der Waals surface area contributed by atoms with E-state index in [4.69, 9.17) is 0 Å². The highest BCUT2D eigenvalue weighted by Crippen LogP contribution is 2.32. The van der Waals surface area contributed by atoms with Gasteiger partial charge >= 0.3 is 12.2 Å². The Morgan fingerprint density at radius 3 is 2.44 bits per heavy atom. The number of carbonyl (C=O) groups excluding carboxylic acids is 1. The number of hydrogen-bond donors (Lipinski definition) is 3. The van der Waals surface area contributed by atoms with Crippen molar-refractivity contribution < 1.29 is 26.4 Å². The lowest BCUT2D eigenvalue weighted by atomic mass is 9.99. The minimum atomic E-state index is -4.56. The third kappa shape index (κ3) is 7.55. The predicted octanol–water partition coefficient (Wildman–Crippen LogP) is 3.10. The molecule has 1 saturated heterocycles. The van der Waals surface area contributed by atoms with Crippen molar-refractivity contribution in [3.8, 4) is 0 Å². The molecule has 34 heavy (non-hydrogen) atoms. The predicted molar refractivity (Wildman–Crippen MR) is 122 cm³/mol. The summed E-state index contributed by atoms with van der Waals surface area (Å²) in [6.45, 7) is 3.31. The zero-order chi connectivity index (χ0) is 24.9. The molecule has 1 fully saturated rings. The molecule has 3 N–H and O–H groups in total. The van der Waals surface area contributed by atoms with Gasteiger partial charge in [-0.3, -0.25) is 4.98 Å². The van der Waals surface area contributed by atoms with Crippen LogP contribution < -0.4 is 20.3 Å². The zero-order valence-corrected chi connectivity index (χ0v) is 19.6. The van der Waals surface area contributed by atoms with Gasteiger partial charge in [0.15, 0.2) is 0 Å². The van der Waals surface area contributed by atoms with Gasteiger partial charge in [-0.25, -0.2) is 22.9 Å². The maximum atomic E-state index is 13.2. The highest BCUT2D eigenvalue weighted by atomic mass is 32.2. The number of rotatable bonds is 7. The molecule has 3 rings (SSSR count). The monoisotopic (exact) mass is 500 g/mol. The third-order valence-corrected chi connectivity index (χ3v) is 6.04. The Kier molecular flexibility index (Phi) is 7.97. The van der Waals surface area contributed by atoms with Gasteiger partial charge in [0.2, 0.25) is 10.0 Å². The summed E-state index contributed by atoms with van der Waals surface area (Å²) in [4.78, 5) is 22.1. The van der Waals surface area contributed by atoms with Crippen LogP contribution in [0, 0.1) is 5.92 Å². The van der Waals surface area contributed by atoms with Crippen LogP contribution in [0.25, 0.3) is 0 Å². The molecule has 2 aromatic heterocycles. The van der Waals surface area contributed by atoms with Crippen LogP contribution in [0.15, 0.2) is 30.5 Å². The Balaban J connectivity index is 1.64. The van der Waals surface area contributed by atoms with Crippen molar-refractivity contribution in [1.82, 2.24) is 20.0 Å². The average Bonchev–Trinajstić information content (AvgIpc) is 2.76. The Morgan fingerprint density at radius 2 is 1.85 bits per heavy atom. The van der Waals surface area contributed by atoms with Gasteiger partial charge in [-0.15, -0.1) is 0 Å². The van der Waals surface area contributed by atoms with Crippen molar-refractivity contribution in [2.24, 2.45) is 5.92 Å². The second-order valence-electron chi connectivity index (χ2n) is 8.29. The summed E-state index contributed by atoms with van der Waals surface area (Å²) in [5.41, 5.74) is 0.355. The topological polar surface area (TPSA) is 116 Å². The lowest BCUT2D eigenvalue weighted by Crippen LogP contribution is -2.35. The van der Waals surface area contributed by atoms with E-state index in [1.807, 2.05) is 4.90 Å². The Morgan fingerprint density at radius 1 is 1.15 bits per heavy atom. The number of piperidine rings is 1. The first-order chi connectivity index (χ1) is 15.9. The number of nitrogens with one attached hydrogen (secondary N) is 3. The number of urea groups is 1. The summed E-state index contributed by atoms with van der Waals surface area (Å²) in [6, 6.07) is 4.81. The molecule has 0 spiro atoms. The number of nitrogens with zero attached hydrogens (tertiary/aromatic N) is 3. The largest absolute Gasteiger partial charge is 0.433 e. The van der Waals surface area contributed by atoms with Gasteiger partial charge in [-0.05, 0) is 37.0 Å². The van der Waals surface area contributed by atoms with E-state index in [0.717, 1.165) is 25.2 Å². The second kappa shape index (κ2) is 10.6. The van der Waals surface area contributed by atoms with E-state index in [1.54, 1.807) is 12.1 Å². The fourth-order valence-corrected chi connectivity index (χ4v) is 3.84. The number of halogens is 3. The van der Waals surface area contributed by atoms with Gasteiger partial charge in [0.25, 0.3) is 0 Å². The van der Waals surface area contributed by atoms with Crippen LogP contribution >= 0.6 is 0 Å². The number of hydrogen-bond acceptors (Lipinski definition) is 6. The summed E-state index contributed by atoms with van der Waals surface area (Å²) in [6.07, 6.45) is -0.436. The molecule has 0 atom stereocenters. The lowest BCUT2D eigenvalue weighted by Gasteiger charge is -2.33. The van der Waals surface area contributed by atoms with E-state index in [1.165, 1.54) is 12.3 Å². The molecule has 3 heterocycles. The number of sulfonamides is 1. The Labute approximate surface area is 196 Å². The van der Waals surface area contributed by atoms with E-state index in [-0.39, 0.29) is 18.9 Å². The fourth-order valence-electron chi connectivity index (χ4n) is 3.43. The van der Waals surface area contributed by atoms with Crippen LogP contribution in [0.5, 0.6) is 0 Å². The van der Waals surface area contributed by atoms with Crippen molar-refractivity contribution in [3.05, 3.63) is 47.4 Å². The number of amides is 2. The van der Waals surface area contributed by atoms with Gasteiger partial charge < -0.3 is 15.5 Å². The third-order valence-electron chi connectivity index (χ3n) is 5.37. The molecule has 0 aromatic carbocycles. The molecule has 0 aliphatic carbocycles. The molecule has 1 aliphatic heterocycles. The van der Waals surface area contributed by atoms with Crippen molar-refractivity contribution in [2.75, 3.05) is 29.6 Å². The van der Waals surface area contributed by atoms with Gasteiger partial charge in [-0.2, -0.15) is 13.2 Å². The fraction of sp³-hybridized carbons (Fsp3) is 0.476. The van der Waals surface area contributed by atoms with E-state index >= 15 is 0 Å². The summed E-state index contributed by atoms with van der Waals surface area (Å²) in [5, 5.41) is 5.22. The van der Waals surface area contributed by atoms with Gasteiger partial charge in [0.1, 0.15) is 11.5 Å². The van der Waals surface area contributed by atoms with E-state index in [9.17, 15) is 26.4 Å². The molecule has 1 aliphatic rings. The Hall–Kier alpha value is -2.93. The number of alkyl halides is 3. The van der Waals surface area contributed by atoms with Crippen molar-refractivity contribution in [2.45, 2.75) is 39.0 Å². The highest BCUT2D eigenvalue weighted by Gasteiger charge is 2.34. The molecular formula is C21H27F3N6O3S. The SMILES string of the molecule is CC1CCN(c2nc(C(F)(F)F)ccc2CNC(=O)Nc2ccc(CNS(C)(=O)=O)nc2)CC1. The van der Waals surface area contributed by atoms with Crippen LogP contribution in [-0.2, 0) is 29.3 Å². The van der Waals surface area contributed by atoms with E-state index in [2.05, 4.69) is 32.2 Å². The normalized spacial score (nSPS) is 15.3. The zero-order valence-electron chi connectivity index (χ0n) is 18.8. The molecule has 0 saturated carbocycles. The summed E-state index contributed by atoms with van der Waals surface area (Å²) in [7, 11) is -3.35. The van der Waals surface area contributed by atoms with Crippen LogP contribution in [0.1, 0.15) is 36.7 Å². The quantitative estimate of drug-likeness (QED) is 0.538. The number of pyridine rings is 2. The second-order valence-corrected chi connectivity index (χ2v) is 10.1. The first kappa shape index (κ1) is 25.7. The molecule has 2 aromatic rings. The van der Waals surface area contributed by atoms with Crippen molar-refractivity contribution >= 4 is 27.6 Å². The van der Waals surface area contributed by atoms with Gasteiger partial charge in [0.05, 0.1) is 30.4 Å². The minimum Gasteiger partial charge on any atom is -0.356 e. The average molecular weight is 501 g/mol. The molecule has 0 radical (unpaired) electrons. The Bertz CT molecular complexity index is 1100. The minimum absolute atomic E-state index is 0.0118. The summed E-state index contributed by atoms with van der Waals surface area (Å²) < 4.78 is 64.3. The molecule has 0 bridgehead atoms. The first-order valence-corrected chi connectivity index (χ1v) is 12.6. The smallest absolute Gasteiger partial charge is 0.356 e. The molecule has 0 unspecified atom stereocenters. The number of anilines is 2. The molecule has 13 heteroatoms. The summed E-state index contributed by atoms with van der Waals surface area (Å²) in [5.74, 6) is 0.725. The molecular weight excluding hydrogens is 473 g/mol. The van der Waals surface area contributed by atoms with Gasteiger partial charge in [0, 0.05) is 25.2 Å². The molecule has 9 nitrogen and oxygen atoms in total. The van der Waals surface area contributed by atoms with Crippen LogP contribution in [0.4, 0.5) is 29.5 Å². The van der Waals surface area contributed by atoms with Crippen LogP contribution in [0.3, 0.4) is 0 Å². The van der Waals surface area contributed by atoms with Crippen LogP contribution in [0.2, 0.25) is 0 Å². The number of carbonyl (C=O) groups is 1. The van der Waals surface area contributed by atoms with E-state index in [0.29, 0.717) is 36.0 Å². The maximum Gasteiger partial charge on any atom is 0.433 e. The van der Waals surface area contributed by atoms with Crippen LogP contribution in [-0.4, -0.2) is 43.8 Å². The van der Waals surface area contributed by atoms with E-state index < -0.39 is 27.9 Å². The standard InChI is InChI=1S/C21H27F3N6O3S/c1-14-7-9-30(10-8-14)19-15(3-6-18(29-19)21(22,23)24)11-26-20(31)28-17-5-4-16(25-12-17)13-27-34(2,32)33/h3-6,12,14,27H,7-11,13H2,1-2H3,(H2,26,28,31). The van der Waals surface area contributed by atoms with Crippen molar-refractivity contribution in [1.29, 1.82) is 0 Å². The number of aromatic nitrogens is 2. The highest BCUT2D eigenvalue weighted by molar-refractivity contribution is 7.88. The summed E-state index contributed by atoms with van der Waals surface area (Å²) >= 11 is 0.